The Bertz CT molecular complexity index is 4720. The summed E-state index contributed by atoms with van der Waals surface area (Å²) in [6.45, 7) is 0. The van der Waals surface area contributed by atoms with Gasteiger partial charge in [0.15, 0.2) is 11.5 Å². The van der Waals surface area contributed by atoms with Crippen molar-refractivity contribution in [1.29, 1.82) is 0 Å². The van der Waals surface area contributed by atoms with Crippen LogP contribution in [-0.4, -0.2) is 18.8 Å². The summed E-state index contributed by atoms with van der Waals surface area (Å²) in [5, 5.41) is 9.49. The maximum Gasteiger partial charge on any atom is 0.151 e. The number of fused-ring (bicyclic) bond motifs is 14. The molecule has 16 aromatic rings. The molecule has 0 spiro atoms. The van der Waals surface area contributed by atoms with E-state index in [1.165, 1.54) is 65.6 Å². The molecule has 7 heterocycles. The monoisotopic (exact) mass is 967 g/mol. The third-order valence-electron chi connectivity index (χ3n) is 16.0. The van der Waals surface area contributed by atoms with Crippen molar-refractivity contribution in [3.8, 4) is 67.4 Å². The molecule has 1 aliphatic heterocycles. The molecular weight excluding hydrogens is 927 g/mol. The molecule has 6 nitrogen and oxygen atoms in total. The minimum atomic E-state index is 0.814. The predicted molar refractivity (Wildman–Crippen MR) is 313 cm³/mol. The highest BCUT2D eigenvalue weighted by atomic mass is 16.5. The molecule has 0 saturated heterocycles. The standard InChI is InChI=1S/C70H41N5O/c1-5-18-42(19-6-1)47-33-52-50-38-58(44-22-9-3-10-23-44)71-40-62(50)74-67(52)54(35-47)56-37-57-55-36-48(43-20-7-2-8-21-43)34-53-51-39-59(45-24-11-4-12-25-45)72-41-63(51)75(68(53)55)70(57)66(69(56)74)46-26-17-27-49(32-46)73-60-28-13-15-30-64(60)76-65-31-16-14-29-61(65)73/h1-41H. The van der Waals surface area contributed by atoms with Crippen LogP contribution in [0.2, 0.25) is 0 Å². The Morgan fingerprint density at radius 1 is 0.289 bits per heavy atom. The van der Waals surface area contributed by atoms with Crippen LogP contribution in [0.5, 0.6) is 11.5 Å². The van der Waals surface area contributed by atoms with Crippen molar-refractivity contribution >= 4 is 93.3 Å². The summed E-state index contributed by atoms with van der Waals surface area (Å²) in [4.78, 5) is 12.9. The number of hydrogen-bond acceptors (Lipinski definition) is 4. The first-order chi connectivity index (χ1) is 37.7. The second-order valence-electron chi connectivity index (χ2n) is 20.1. The largest absolute Gasteiger partial charge is 0.453 e. The Morgan fingerprint density at radius 2 is 0.684 bits per heavy atom. The van der Waals surface area contributed by atoms with E-state index in [2.05, 4.69) is 251 Å². The van der Waals surface area contributed by atoms with Crippen molar-refractivity contribution < 1.29 is 4.74 Å². The SMILES string of the molecule is c1ccc(-c2cc3c4cc(-c5ccccc5)ncc4n4c5c(-c6cccc(N7c8ccccc8Oc8ccccc87)c6)c6c(cc5c(c2)c34)c2cc(-c3ccccc3)cc3c4cc(-c5ccccc5)ncc4n6c32)cc1. The number of rotatable bonds is 6. The maximum absolute atomic E-state index is 6.56. The number of nitrogens with zero attached hydrogens (tertiary/aromatic N) is 5. The molecule has 0 N–H and O–H groups in total. The molecule has 76 heavy (non-hydrogen) atoms. The highest BCUT2D eigenvalue weighted by Crippen LogP contribution is 2.54. The molecule has 6 heteroatoms. The third-order valence-corrected chi connectivity index (χ3v) is 16.0. The smallest absolute Gasteiger partial charge is 0.151 e. The molecule has 0 aliphatic carbocycles. The van der Waals surface area contributed by atoms with Gasteiger partial charge in [0.25, 0.3) is 0 Å². The van der Waals surface area contributed by atoms with Crippen molar-refractivity contribution in [3.05, 3.63) is 249 Å². The first-order valence-electron chi connectivity index (χ1n) is 25.9. The van der Waals surface area contributed by atoms with Gasteiger partial charge in [-0.2, -0.15) is 0 Å². The fraction of sp³-hybridized carbons (Fsp3) is 0. The molecular formula is C70H41N5O. The van der Waals surface area contributed by atoms with E-state index in [1.807, 2.05) is 12.1 Å². The first kappa shape index (κ1) is 41.2. The second-order valence-corrected chi connectivity index (χ2v) is 20.1. The number of hydrogen-bond donors (Lipinski definition) is 0. The van der Waals surface area contributed by atoms with Gasteiger partial charge in [-0.15, -0.1) is 0 Å². The van der Waals surface area contributed by atoms with E-state index >= 15 is 0 Å². The van der Waals surface area contributed by atoms with Crippen LogP contribution < -0.4 is 9.64 Å². The van der Waals surface area contributed by atoms with Crippen LogP contribution in [0.15, 0.2) is 249 Å². The van der Waals surface area contributed by atoms with Crippen LogP contribution in [0.3, 0.4) is 0 Å². The Labute approximate surface area is 435 Å². The lowest BCUT2D eigenvalue weighted by Gasteiger charge is -2.33. The lowest BCUT2D eigenvalue weighted by atomic mass is 9.94. The Kier molecular flexibility index (Phi) is 8.46. The van der Waals surface area contributed by atoms with Crippen molar-refractivity contribution in [2.75, 3.05) is 4.90 Å². The van der Waals surface area contributed by atoms with Crippen LogP contribution in [0.1, 0.15) is 0 Å². The minimum absolute atomic E-state index is 0.814. The zero-order valence-electron chi connectivity index (χ0n) is 40.8. The highest BCUT2D eigenvalue weighted by molar-refractivity contribution is 6.34. The first-order valence-corrected chi connectivity index (χ1v) is 25.9. The normalized spacial score (nSPS) is 12.6. The summed E-state index contributed by atoms with van der Waals surface area (Å²) in [5.41, 5.74) is 20.7. The number of para-hydroxylation sites is 4. The highest BCUT2D eigenvalue weighted by Gasteiger charge is 2.30. The molecule has 352 valence electrons. The predicted octanol–water partition coefficient (Wildman–Crippen LogP) is 18.7. The zero-order chi connectivity index (χ0) is 49.6. The quantitative estimate of drug-likeness (QED) is 0.167. The van der Waals surface area contributed by atoms with Crippen molar-refractivity contribution in [3.63, 3.8) is 0 Å². The van der Waals surface area contributed by atoms with Gasteiger partial charge in [-0.3, -0.25) is 9.97 Å². The summed E-state index contributed by atoms with van der Waals surface area (Å²) in [7, 11) is 0. The number of anilines is 3. The van der Waals surface area contributed by atoms with E-state index in [0.717, 1.165) is 95.0 Å². The molecule has 0 saturated carbocycles. The van der Waals surface area contributed by atoms with Gasteiger partial charge in [0.05, 0.1) is 68.3 Å². The minimum Gasteiger partial charge on any atom is -0.453 e. The van der Waals surface area contributed by atoms with Crippen molar-refractivity contribution in [1.82, 2.24) is 18.8 Å². The van der Waals surface area contributed by atoms with Crippen LogP contribution in [0.4, 0.5) is 17.1 Å². The van der Waals surface area contributed by atoms with Gasteiger partial charge >= 0.3 is 0 Å². The van der Waals surface area contributed by atoms with Gasteiger partial charge in [-0.05, 0) is 107 Å². The van der Waals surface area contributed by atoms with Gasteiger partial charge in [-0.1, -0.05) is 158 Å². The fourth-order valence-electron chi connectivity index (χ4n) is 12.7. The number of ether oxygens (including phenoxy) is 1. The Hall–Kier alpha value is -10.3. The van der Waals surface area contributed by atoms with Crippen LogP contribution in [0, 0.1) is 0 Å². The molecule has 0 fully saturated rings. The molecule has 0 amide bonds. The maximum atomic E-state index is 6.56. The summed E-state index contributed by atoms with van der Waals surface area (Å²) in [6.07, 6.45) is 4.21. The van der Waals surface area contributed by atoms with Crippen LogP contribution in [0.25, 0.3) is 132 Å². The van der Waals surface area contributed by atoms with Gasteiger partial charge < -0.3 is 18.4 Å². The summed E-state index contributed by atoms with van der Waals surface area (Å²) < 4.78 is 11.6. The lowest BCUT2D eigenvalue weighted by Crippen LogP contribution is -2.15. The molecule has 17 rings (SSSR count). The van der Waals surface area contributed by atoms with E-state index < -0.39 is 0 Å². The number of pyridine rings is 2. The zero-order valence-corrected chi connectivity index (χ0v) is 40.8. The topological polar surface area (TPSA) is 47.1 Å². The van der Waals surface area contributed by atoms with E-state index in [-0.39, 0.29) is 0 Å². The van der Waals surface area contributed by atoms with Crippen molar-refractivity contribution in [2.45, 2.75) is 0 Å². The Balaban J connectivity index is 1.07. The lowest BCUT2D eigenvalue weighted by molar-refractivity contribution is 0.477. The fourth-order valence-corrected chi connectivity index (χ4v) is 12.7. The molecule has 10 aromatic carbocycles. The second kappa shape index (κ2) is 15.6. The number of benzene rings is 10. The van der Waals surface area contributed by atoms with E-state index in [1.54, 1.807) is 0 Å². The molecule has 0 radical (unpaired) electrons. The third kappa shape index (κ3) is 5.80. The average molecular weight is 968 g/mol. The molecule has 0 unspecified atom stereocenters. The van der Waals surface area contributed by atoms with Crippen LogP contribution >= 0.6 is 0 Å². The number of aromatic nitrogens is 4. The summed E-state index contributed by atoms with van der Waals surface area (Å²) in [5.74, 6) is 1.63. The Morgan fingerprint density at radius 3 is 1.16 bits per heavy atom. The van der Waals surface area contributed by atoms with Gasteiger partial charge in [0, 0.05) is 65.5 Å². The van der Waals surface area contributed by atoms with Gasteiger partial charge in [-0.25, -0.2) is 0 Å². The van der Waals surface area contributed by atoms with Gasteiger partial charge in [0.2, 0.25) is 0 Å². The van der Waals surface area contributed by atoms with E-state index in [4.69, 9.17) is 14.7 Å². The van der Waals surface area contributed by atoms with Crippen molar-refractivity contribution in [2.24, 2.45) is 0 Å². The van der Waals surface area contributed by atoms with E-state index in [0.29, 0.717) is 0 Å². The summed E-state index contributed by atoms with van der Waals surface area (Å²) in [6, 6.07) is 85.3. The van der Waals surface area contributed by atoms with Crippen LogP contribution in [-0.2, 0) is 0 Å². The molecule has 0 atom stereocenters. The molecule has 0 bridgehead atoms. The molecule has 6 aromatic heterocycles. The van der Waals surface area contributed by atoms with Gasteiger partial charge in [0.1, 0.15) is 0 Å². The molecule has 1 aliphatic rings. The summed E-state index contributed by atoms with van der Waals surface area (Å²) >= 11 is 0. The van der Waals surface area contributed by atoms with E-state index in [9.17, 15) is 0 Å². The average Bonchev–Trinajstić information content (AvgIpc) is 4.25.